The molecule has 158 valence electrons. The van der Waals surface area contributed by atoms with E-state index in [1.165, 1.54) is 33.0 Å². The topological polar surface area (TPSA) is 55.6 Å². The number of nitrogens with zero attached hydrogens (tertiary/aromatic N) is 2. The number of fused-ring (bicyclic) bond motifs is 2. The molecule has 5 nitrogen and oxygen atoms in total. The highest BCUT2D eigenvalue weighted by Crippen LogP contribution is 2.57. The Labute approximate surface area is 177 Å². The molecule has 0 bridgehead atoms. The highest BCUT2D eigenvalue weighted by molar-refractivity contribution is 6.39. The molecule has 2 heterocycles. The average Bonchev–Trinajstić information content (AvgIpc) is 2.82. The molecule has 0 radical (unpaired) electrons. The lowest BCUT2D eigenvalue weighted by Crippen LogP contribution is -2.58. The third-order valence-corrected chi connectivity index (χ3v) is 6.39. The van der Waals surface area contributed by atoms with Crippen LogP contribution in [0.2, 0.25) is 10.0 Å². The van der Waals surface area contributed by atoms with E-state index in [0.717, 1.165) is 11.0 Å². The minimum Gasteiger partial charge on any atom is -0.463 e. The van der Waals surface area contributed by atoms with Crippen LogP contribution in [0.15, 0.2) is 12.1 Å². The summed E-state index contributed by atoms with van der Waals surface area (Å²) in [5, 5.41) is 10.6. The van der Waals surface area contributed by atoms with Gasteiger partial charge >= 0.3 is 5.69 Å². The van der Waals surface area contributed by atoms with E-state index in [1.807, 2.05) is 0 Å². The number of anilines is 1. The van der Waals surface area contributed by atoms with Crippen LogP contribution in [0.1, 0.15) is 25.0 Å². The van der Waals surface area contributed by atoms with E-state index in [1.54, 1.807) is 0 Å². The van der Waals surface area contributed by atoms with E-state index < -0.39 is 56.3 Å². The molecule has 0 amide bonds. The van der Waals surface area contributed by atoms with Gasteiger partial charge in [0.2, 0.25) is 5.72 Å². The zero-order valence-electron chi connectivity index (χ0n) is 15.6. The van der Waals surface area contributed by atoms with Crippen molar-refractivity contribution in [2.24, 2.45) is 0 Å². The van der Waals surface area contributed by atoms with Gasteiger partial charge in [-0.15, -0.1) is 0 Å². The smallest absolute Gasteiger partial charge is 0.307 e. The predicted molar refractivity (Wildman–Crippen MR) is 103 cm³/mol. The third kappa shape index (κ3) is 2.30. The summed E-state index contributed by atoms with van der Waals surface area (Å²) in [6.45, 7) is 2.94. The van der Waals surface area contributed by atoms with Gasteiger partial charge in [0.1, 0.15) is 15.8 Å². The predicted octanol–water partition coefficient (Wildman–Crippen LogP) is 5.99. The summed E-state index contributed by atoms with van der Waals surface area (Å²) in [5.74, 6) is -6.94. The number of nitro groups is 1. The molecule has 0 aliphatic carbocycles. The number of hydrogen-bond acceptors (Lipinski definition) is 4. The Morgan fingerprint density at radius 3 is 2.30 bits per heavy atom. The highest BCUT2D eigenvalue weighted by Gasteiger charge is 2.61. The maximum atomic E-state index is 14.7. The summed E-state index contributed by atoms with van der Waals surface area (Å²) >= 11 is 12.1. The summed E-state index contributed by atoms with van der Waals surface area (Å²) in [6, 6.07) is 1.16. The van der Waals surface area contributed by atoms with Gasteiger partial charge in [0.15, 0.2) is 23.3 Å². The van der Waals surface area contributed by atoms with Crippen LogP contribution in [0.25, 0.3) is 6.08 Å². The number of hydrogen-bond donors (Lipinski definition) is 0. The Kier molecular flexibility index (Phi) is 4.32. The molecule has 1 spiro atoms. The maximum absolute atomic E-state index is 14.7. The van der Waals surface area contributed by atoms with Crippen LogP contribution in [0.4, 0.5) is 28.9 Å². The molecule has 30 heavy (non-hydrogen) atoms. The normalized spacial score (nSPS) is 20.9. The van der Waals surface area contributed by atoms with Gasteiger partial charge in [0.05, 0.1) is 16.0 Å². The van der Waals surface area contributed by atoms with Crippen LogP contribution in [-0.2, 0) is 5.41 Å². The molecule has 1 atom stereocenters. The molecule has 0 N–H and O–H groups in total. The Bertz CT molecular complexity index is 1190. The van der Waals surface area contributed by atoms with E-state index in [0.29, 0.717) is 0 Å². The fraction of sp³-hybridized carbons (Fsp3) is 0.263. The molecule has 0 aromatic heterocycles. The van der Waals surface area contributed by atoms with Crippen LogP contribution >= 0.6 is 23.2 Å². The second-order valence-corrected chi connectivity index (χ2v) is 8.27. The molecule has 2 aliphatic rings. The molecule has 11 heteroatoms. The first-order chi connectivity index (χ1) is 13.9. The standard InChI is InChI=1S/C19H12Cl2F4N2O3/c1-18(2)10-12(22)13(23)14(24)15(25)17(10)26(3)19(18)5-4-7-9(30-19)6-8(20)16(11(7)21)27(28)29/h4-6H,1-3H3. The van der Waals surface area contributed by atoms with Gasteiger partial charge < -0.3 is 9.64 Å². The summed E-state index contributed by atoms with van der Waals surface area (Å²) in [6.07, 6.45) is 2.77. The average molecular weight is 463 g/mol. The molecule has 2 aromatic carbocycles. The zero-order valence-corrected chi connectivity index (χ0v) is 17.1. The van der Waals surface area contributed by atoms with Gasteiger partial charge in [-0.3, -0.25) is 10.1 Å². The molecule has 4 rings (SSSR count). The molecule has 2 aromatic rings. The minimum absolute atomic E-state index is 0.00703. The summed E-state index contributed by atoms with van der Waals surface area (Å²) in [5.41, 5.74) is -4.35. The van der Waals surface area contributed by atoms with E-state index in [2.05, 4.69) is 0 Å². The first kappa shape index (κ1) is 20.7. The van der Waals surface area contributed by atoms with Crippen molar-refractivity contribution in [3.8, 4) is 5.75 Å². The number of rotatable bonds is 1. The lowest BCUT2D eigenvalue weighted by Gasteiger charge is -2.45. The second-order valence-electron chi connectivity index (χ2n) is 7.49. The van der Waals surface area contributed by atoms with Crippen molar-refractivity contribution in [2.45, 2.75) is 25.0 Å². The molecular weight excluding hydrogens is 451 g/mol. The van der Waals surface area contributed by atoms with Gasteiger partial charge in [-0.1, -0.05) is 23.2 Å². The lowest BCUT2D eigenvalue weighted by molar-refractivity contribution is -0.384. The zero-order chi connectivity index (χ0) is 22.3. The van der Waals surface area contributed by atoms with Crippen molar-refractivity contribution in [2.75, 3.05) is 11.9 Å². The van der Waals surface area contributed by atoms with Gasteiger partial charge in [0.25, 0.3) is 0 Å². The minimum atomic E-state index is -1.94. The van der Waals surface area contributed by atoms with E-state index in [-0.39, 0.29) is 21.4 Å². The number of likely N-dealkylation sites (N-methyl/N-ethyl adjacent to an activating group) is 1. The quantitative estimate of drug-likeness (QED) is 0.172. The van der Waals surface area contributed by atoms with Crippen LogP contribution in [0.3, 0.4) is 0 Å². The molecule has 2 aliphatic heterocycles. The van der Waals surface area contributed by atoms with Crippen molar-refractivity contribution in [1.82, 2.24) is 0 Å². The van der Waals surface area contributed by atoms with Gasteiger partial charge in [0, 0.05) is 24.2 Å². The highest BCUT2D eigenvalue weighted by atomic mass is 35.5. The Balaban J connectivity index is 1.97. The van der Waals surface area contributed by atoms with Gasteiger partial charge in [-0.05, 0) is 26.0 Å². The summed E-state index contributed by atoms with van der Waals surface area (Å²) < 4.78 is 63.3. The first-order valence-corrected chi connectivity index (χ1v) is 9.27. The van der Waals surface area contributed by atoms with Crippen molar-refractivity contribution < 1.29 is 27.2 Å². The fourth-order valence-electron chi connectivity index (χ4n) is 4.19. The summed E-state index contributed by atoms with van der Waals surface area (Å²) in [7, 11) is 1.33. The van der Waals surface area contributed by atoms with Crippen LogP contribution in [0.5, 0.6) is 5.75 Å². The van der Waals surface area contributed by atoms with Crippen molar-refractivity contribution in [1.29, 1.82) is 0 Å². The first-order valence-electron chi connectivity index (χ1n) is 8.51. The van der Waals surface area contributed by atoms with Crippen molar-refractivity contribution in [3.63, 3.8) is 0 Å². The number of ether oxygens (including phenoxy) is 1. The number of nitro benzene ring substituents is 1. The molecule has 0 saturated heterocycles. The van der Waals surface area contributed by atoms with Crippen LogP contribution in [-0.4, -0.2) is 17.7 Å². The fourth-order valence-corrected chi connectivity index (χ4v) is 4.83. The molecule has 1 unspecified atom stereocenters. The second kappa shape index (κ2) is 6.24. The summed E-state index contributed by atoms with van der Waals surface area (Å²) in [4.78, 5) is 11.6. The largest absolute Gasteiger partial charge is 0.463 e. The Hall–Kier alpha value is -2.52. The molecule has 0 saturated carbocycles. The van der Waals surface area contributed by atoms with Gasteiger partial charge in [-0.2, -0.15) is 0 Å². The Morgan fingerprint density at radius 2 is 1.70 bits per heavy atom. The van der Waals surface area contributed by atoms with E-state index in [4.69, 9.17) is 27.9 Å². The van der Waals surface area contributed by atoms with Gasteiger partial charge in [-0.25, -0.2) is 17.6 Å². The monoisotopic (exact) mass is 462 g/mol. The van der Waals surface area contributed by atoms with E-state index in [9.17, 15) is 27.7 Å². The lowest BCUT2D eigenvalue weighted by atomic mass is 9.76. The van der Waals surface area contributed by atoms with Crippen LogP contribution < -0.4 is 9.64 Å². The van der Waals surface area contributed by atoms with Crippen molar-refractivity contribution in [3.05, 3.63) is 66.7 Å². The van der Waals surface area contributed by atoms with Crippen molar-refractivity contribution >= 4 is 40.7 Å². The molecule has 0 fully saturated rings. The van der Waals surface area contributed by atoms with Crippen LogP contribution in [0, 0.1) is 33.4 Å². The maximum Gasteiger partial charge on any atom is 0.307 e. The SMILES string of the molecule is CN1c2c(F)c(F)c(F)c(F)c2C(C)(C)C12C=Cc1c(cc(Cl)c([N+](=O)[O-])c1Cl)O2. The number of halogens is 6. The Morgan fingerprint density at radius 1 is 1.10 bits per heavy atom. The third-order valence-electron chi connectivity index (χ3n) is 5.71. The van der Waals surface area contributed by atoms with E-state index >= 15 is 0 Å². The number of benzene rings is 2. The molecular formula is C19H12Cl2F4N2O3.